The quantitative estimate of drug-likeness (QED) is 0.734. The zero-order valence-electron chi connectivity index (χ0n) is 8.21. The van der Waals surface area contributed by atoms with Crippen LogP contribution in [-0.4, -0.2) is 4.98 Å². The number of alkyl halides is 1. The highest BCUT2D eigenvalue weighted by Crippen LogP contribution is 2.33. The Balaban J connectivity index is 2.22. The molecule has 0 radical (unpaired) electrons. The van der Waals surface area contributed by atoms with Crippen molar-refractivity contribution in [3.05, 3.63) is 39.1 Å². The molecular weight excluding hydrogens is 308 g/mol. The van der Waals surface area contributed by atoms with Gasteiger partial charge in [0.2, 0.25) is 0 Å². The first-order valence-corrected chi connectivity index (χ1v) is 6.55. The Kier molecular flexibility index (Phi) is 4.09. The number of benzene rings is 1. The fourth-order valence-electron chi connectivity index (χ4n) is 1.08. The second kappa shape index (κ2) is 5.40. The van der Waals surface area contributed by atoms with Crippen molar-refractivity contribution in [3.8, 4) is 10.9 Å². The van der Waals surface area contributed by atoms with Gasteiger partial charge in [0.25, 0.3) is 5.19 Å². The Hall–Kier alpha value is -0.550. The van der Waals surface area contributed by atoms with Crippen molar-refractivity contribution in [1.29, 1.82) is 0 Å². The molecule has 2 nitrogen and oxygen atoms in total. The summed E-state index contributed by atoms with van der Waals surface area (Å²) in [6.45, 7) is 0. The minimum Gasteiger partial charge on any atom is -0.431 e. The first kappa shape index (κ1) is 12.9. The van der Waals surface area contributed by atoms with Crippen molar-refractivity contribution in [2.75, 3.05) is 0 Å². The summed E-state index contributed by atoms with van der Waals surface area (Å²) >= 11 is 18.2. The van der Waals surface area contributed by atoms with Gasteiger partial charge in [-0.2, -0.15) is 4.98 Å². The molecule has 0 bridgehead atoms. The molecule has 0 spiro atoms. The molecule has 0 atom stereocenters. The van der Waals surface area contributed by atoms with Gasteiger partial charge in [-0.15, -0.1) is 11.6 Å². The van der Waals surface area contributed by atoms with Gasteiger partial charge in [-0.05, 0) is 12.1 Å². The summed E-state index contributed by atoms with van der Waals surface area (Å²) in [5.41, 5.74) is 0. The minimum absolute atomic E-state index is 0.0379. The lowest BCUT2D eigenvalue weighted by Crippen LogP contribution is -1.84. The van der Waals surface area contributed by atoms with Crippen LogP contribution in [-0.2, 0) is 5.88 Å². The molecular formula is C10H5Cl3FNOS. The van der Waals surface area contributed by atoms with Crippen LogP contribution in [0, 0.1) is 5.82 Å². The number of hydrogen-bond acceptors (Lipinski definition) is 3. The maximum atomic E-state index is 13.2. The smallest absolute Gasteiger partial charge is 0.280 e. The van der Waals surface area contributed by atoms with Gasteiger partial charge >= 0.3 is 0 Å². The number of rotatable bonds is 3. The number of aromatic nitrogens is 1. The lowest BCUT2D eigenvalue weighted by atomic mass is 10.3. The van der Waals surface area contributed by atoms with Crippen LogP contribution >= 0.6 is 46.1 Å². The lowest BCUT2D eigenvalue weighted by Gasteiger charge is -2.01. The van der Waals surface area contributed by atoms with E-state index in [0.717, 1.165) is 0 Å². The largest absolute Gasteiger partial charge is 0.431 e. The van der Waals surface area contributed by atoms with Crippen molar-refractivity contribution in [1.82, 2.24) is 4.98 Å². The average Bonchev–Trinajstić information content (AvgIpc) is 2.64. The second-order valence-corrected chi connectivity index (χ2v) is 5.08. The minimum atomic E-state index is -0.551. The summed E-state index contributed by atoms with van der Waals surface area (Å²) in [6, 6.07) is 4.13. The second-order valence-electron chi connectivity index (χ2n) is 3.01. The average molecular weight is 313 g/mol. The molecule has 0 unspecified atom stereocenters. The zero-order valence-corrected chi connectivity index (χ0v) is 11.3. The molecule has 7 heteroatoms. The molecule has 1 aromatic heterocycles. The molecule has 90 valence electrons. The van der Waals surface area contributed by atoms with Gasteiger partial charge in [-0.25, -0.2) is 4.39 Å². The molecule has 0 aliphatic rings. The number of halogens is 4. The fraction of sp³-hybridized carbons (Fsp3) is 0.100. The monoisotopic (exact) mass is 311 g/mol. The molecule has 2 aromatic rings. The van der Waals surface area contributed by atoms with E-state index in [4.69, 9.17) is 39.5 Å². The van der Waals surface area contributed by atoms with Crippen molar-refractivity contribution >= 4 is 46.1 Å². The highest BCUT2D eigenvalue weighted by atomic mass is 35.5. The Morgan fingerprint density at radius 2 is 2.12 bits per heavy atom. The van der Waals surface area contributed by atoms with Crippen LogP contribution < -0.4 is 4.74 Å². The van der Waals surface area contributed by atoms with Crippen LogP contribution in [0.15, 0.2) is 18.2 Å². The van der Waals surface area contributed by atoms with E-state index in [-0.39, 0.29) is 10.9 Å². The first-order valence-electron chi connectivity index (χ1n) is 4.44. The number of nitrogens with zero attached hydrogens (tertiary/aromatic N) is 1. The summed E-state index contributed by atoms with van der Waals surface area (Å²) in [5, 5.41) is 0.651. The summed E-state index contributed by atoms with van der Waals surface area (Å²) in [7, 11) is 0. The number of hydrogen-bond donors (Lipinski definition) is 0. The topological polar surface area (TPSA) is 22.1 Å². The van der Waals surface area contributed by atoms with E-state index in [1.54, 1.807) is 6.07 Å². The molecule has 1 aromatic carbocycles. The third kappa shape index (κ3) is 3.01. The van der Waals surface area contributed by atoms with Crippen molar-refractivity contribution in [2.24, 2.45) is 0 Å². The Bertz CT molecular complexity index is 546. The molecule has 17 heavy (non-hydrogen) atoms. The molecule has 1 heterocycles. The van der Waals surface area contributed by atoms with Crippen LogP contribution in [0.3, 0.4) is 0 Å². The summed E-state index contributed by atoms with van der Waals surface area (Å²) in [6.07, 6.45) is 0. The zero-order chi connectivity index (χ0) is 12.4. The van der Waals surface area contributed by atoms with E-state index >= 15 is 0 Å². The third-order valence-corrected chi connectivity index (χ3v) is 3.94. The van der Waals surface area contributed by atoms with Crippen molar-refractivity contribution in [2.45, 2.75) is 5.88 Å². The molecule has 0 fully saturated rings. The van der Waals surface area contributed by atoms with E-state index in [9.17, 15) is 4.39 Å². The Labute approximate surface area is 116 Å². The SMILES string of the molecule is Fc1cc(Oc2nc(Cl)c(CCl)s2)ccc1Cl. The predicted molar refractivity (Wildman–Crippen MR) is 68.2 cm³/mol. The summed E-state index contributed by atoms with van der Waals surface area (Å²) < 4.78 is 18.5. The van der Waals surface area contributed by atoms with Gasteiger partial charge in [-0.1, -0.05) is 34.5 Å². The van der Waals surface area contributed by atoms with E-state index in [1.807, 2.05) is 0 Å². The molecule has 0 saturated heterocycles. The Morgan fingerprint density at radius 1 is 1.35 bits per heavy atom. The van der Waals surface area contributed by atoms with Gasteiger partial charge in [-0.3, -0.25) is 0 Å². The maximum Gasteiger partial charge on any atom is 0.280 e. The molecule has 0 aliphatic carbocycles. The van der Waals surface area contributed by atoms with Crippen molar-refractivity contribution < 1.29 is 9.13 Å². The molecule has 0 amide bonds. The van der Waals surface area contributed by atoms with Crippen LogP contribution in [0.1, 0.15) is 4.88 Å². The first-order chi connectivity index (χ1) is 8.10. The van der Waals surface area contributed by atoms with Gasteiger partial charge < -0.3 is 4.74 Å². The fourth-order valence-corrected chi connectivity index (χ4v) is 2.54. The van der Waals surface area contributed by atoms with Crippen LogP contribution in [0.2, 0.25) is 10.2 Å². The number of thiazole rings is 1. The van der Waals surface area contributed by atoms with E-state index in [2.05, 4.69) is 4.98 Å². The van der Waals surface area contributed by atoms with Gasteiger partial charge in [0, 0.05) is 6.07 Å². The highest BCUT2D eigenvalue weighted by Gasteiger charge is 2.11. The normalized spacial score (nSPS) is 10.6. The number of ether oxygens (including phenoxy) is 1. The van der Waals surface area contributed by atoms with Crippen LogP contribution in [0.5, 0.6) is 10.9 Å². The third-order valence-electron chi connectivity index (χ3n) is 1.85. The van der Waals surface area contributed by atoms with E-state index < -0.39 is 5.82 Å². The van der Waals surface area contributed by atoms with Gasteiger partial charge in [0.05, 0.1) is 15.8 Å². The molecule has 0 saturated carbocycles. The molecule has 0 N–H and O–H groups in total. The molecule has 2 rings (SSSR count). The van der Waals surface area contributed by atoms with Gasteiger partial charge in [0.15, 0.2) is 0 Å². The highest BCUT2D eigenvalue weighted by molar-refractivity contribution is 7.14. The van der Waals surface area contributed by atoms with Crippen LogP contribution in [0.25, 0.3) is 0 Å². The standard InChI is InChI=1S/C10H5Cl3FNOS/c11-4-8-9(13)15-10(17-8)16-5-1-2-6(12)7(14)3-5/h1-3H,4H2. The van der Waals surface area contributed by atoms with Gasteiger partial charge in [0.1, 0.15) is 16.7 Å². The summed E-state index contributed by atoms with van der Waals surface area (Å²) in [5.74, 6) is 0.0114. The van der Waals surface area contributed by atoms with E-state index in [0.29, 0.717) is 21.0 Å². The maximum absolute atomic E-state index is 13.2. The summed E-state index contributed by atoms with van der Waals surface area (Å²) in [4.78, 5) is 4.66. The van der Waals surface area contributed by atoms with Crippen LogP contribution in [0.4, 0.5) is 4.39 Å². The Morgan fingerprint density at radius 3 is 2.71 bits per heavy atom. The van der Waals surface area contributed by atoms with Crippen molar-refractivity contribution in [3.63, 3.8) is 0 Å². The lowest BCUT2D eigenvalue weighted by molar-refractivity contribution is 0.473. The molecule has 0 aliphatic heterocycles. The predicted octanol–water partition coefficient (Wildman–Crippen LogP) is 5.12. The van der Waals surface area contributed by atoms with E-state index in [1.165, 1.54) is 23.5 Å².